The summed E-state index contributed by atoms with van der Waals surface area (Å²) in [6.07, 6.45) is 6.00. The van der Waals surface area contributed by atoms with E-state index >= 15 is 0 Å². The molecule has 22 heavy (non-hydrogen) atoms. The number of aliphatic hydroxyl groups is 1. The fourth-order valence-electron chi connectivity index (χ4n) is 4.10. The smallest absolute Gasteiger partial charge is 0.0665 e. The minimum absolute atomic E-state index is 0.102. The van der Waals surface area contributed by atoms with E-state index in [-0.39, 0.29) is 5.41 Å². The van der Waals surface area contributed by atoms with Crippen molar-refractivity contribution >= 4 is 0 Å². The standard InChI is InChI=1S/C21H26O/c1-2-3-14-21(22)16-20(17-21,19-12-8-5-9-13-19)15-18-10-6-4-7-11-18/h4-13,22H,2-3,14-17H2,1H3. The summed E-state index contributed by atoms with van der Waals surface area (Å²) in [6.45, 7) is 2.19. The lowest BCUT2D eigenvalue weighted by Crippen LogP contribution is -2.55. The first-order valence-electron chi connectivity index (χ1n) is 8.48. The molecule has 1 aliphatic rings. The lowest BCUT2D eigenvalue weighted by molar-refractivity contribution is -0.0979. The van der Waals surface area contributed by atoms with Gasteiger partial charge in [0.1, 0.15) is 0 Å². The van der Waals surface area contributed by atoms with E-state index in [0.717, 1.165) is 38.5 Å². The van der Waals surface area contributed by atoms with Crippen LogP contribution in [0.3, 0.4) is 0 Å². The molecule has 2 aromatic rings. The summed E-state index contributed by atoms with van der Waals surface area (Å²) in [7, 11) is 0. The van der Waals surface area contributed by atoms with Crippen LogP contribution < -0.4 is 0 Å². The number of hydrogen-bond donors (Lipinski definition) is 1. The zero-order valence-corrected chi connectivity index (χ0v) is 13.5. The van der Waals surface area contributed by atoms with Crippen LogP contribution in [0.4, 0.5) is 0 Å². The molecule has 1 saturated carbocycles. The second-order valence-corrected chi connectivity index (χ2v) is 6.99. The van der Waals surface area contributed by atoms with Crippen LogP contribution in [0, 0.1) is 0 Å². The van der Waals surface area contributed by atoms with Crippen molar-refractivity contribution in [2.45, 2.75) is 56.5 Å². The second kappa shape index (κ2) is 6.26. The summed E-state index contributed by atoms with van der Waals surface area (Å²) in [5.41, 5.74) is 2.38. The Morgan fingerprint density at radius 2 is 1.50 bits per heavy atom. The average molecular weight is 294 g/mol. The first kappa shape index (κ1) is 15.3. The summed E-state index contributed by atoms with van der Waals surface area (Å²) < 4.78 is 0. The molecule has 0 saturated heterocycles. The van der Waals surface area contributed by atoms with Gasteiger partial charge in [-0.2, -0.15) is 0 Å². The van der Waals surface area contributed by atoms with Gasteiger partial charge in [0, 0.05) is 5.41 Å². The van der Waals surface area contributed by atoms with E-state index in [1.807, 2.05) is 0 Å². The largest absolute Gasteiger partial charge is 0.390 e. The minimum Gasteiger partial charge on any atom is -0.390 e. The molecule has 2 aromatic carbocycles. The van der Waals surface area contributed by atoms with Gasteiger partial charge in [-0.1, -0.05) is 80.4 Å². The van der Waals surface area contributed by atoms with Crippen molar-refractivity contribution in [3.05, 3.63) is 71.8 Å². The van der Waals surface area contributed by atoms with Crippen LogP contribution in [0.25, 0.3) is 0 Å². The Bertz CT molecular complexity index is 582. The average Bonchev–Trinajstić information content (AvgIpc) is 2.53. The number of unbranched alkanes of at least 4 members (excludes halogenated alkanes) is 1. The van der Waals surface area contributed by atoms with Crippen LogP contribution in [0.5, 0.6) is 0 Å². The minimum atomic E-state index is -0.458. The monoisotopic (exact) mass is 294 g/mol. The van der Waals surface area contributed by atoms with Crippen LogP contribution in [0.1, 0.15) is 50.2 Å². The quantitative estimate of drug-likeness (QED) is 0.805. The molecular formula is C21H26O. The molecule has 0 bridgehead atoms. The Morgan fingerprint density at radius 3 is 2.09 bits per heavy atom. The molecule has 3 rings (SSSR count). The summed E-state index contributed by atoms with van der Waals surface area (Å²) in [5.74, 6) is 0. The van der Waals surface area contributed by atoms with Crippen molar-refractivity contribution in [2.75, 3.05) is 0 Å². The molecule has 0 aromatic heterocycles. The third-order valence-electron chi connectivity index (χ3n) is 5.10. The van der Waals surface area contributed by atoms with Crippen molar-refractivity contribution in [1.82, 2.24) is 0 Å². The summed E-state index contributed by atoms with van der Waals surface area (Å²) in [5, 5.41) is 10.8. The highest BCUT2D eigenvalue weighted by Gasteiger charge is 2.53. The predicted octanol–water partition coefficient (Wildman–Crippen LogP) is 4.88. The van der Waals surface area contributed by atoms with Gasteiger partial charge in [-0.3, -0.25) is 0 Å². The van der Waals surface area contributed by atoms with E-state index < -0.39 is 5.60 Å². The molecule has 0 amide bonds. The van der Waals surface area contributed by atoms with Gasteiger partial charge in [0.05, 0.1) is 5.60 Å². The lowest BCUT2D eigenvalue weighted by atomic mass is 9.53. The van der Waals surface area contributed by atoms with Gasteiger partial charge < -0.3 is 5.11 Å². The van der Waals surface area contributed by atoms with E-state index in [0.29, 0.717) is 0 Å². The Kier molecular flexibility index (Phi) is 4.35. The third-order valence-corrected chi connectivity index (χ3v) is 5.10. The predicted molar refractivity (Wildman–Crippen MR) is 92.0 cm³/mol. The molecule has 0 unspecified atom stereocenters. The van der Waals surface area contributed by atoms with Crippen LogP contribution >= 0.6 is 0 Å². The molecule has 1 fully saturated rings. The molecule has 0 aliphatic heterocycles. The van der Waals surface area contributed by atoms with Crippen molar-refractivity contribution in [3.8, 4) is 0 Å². The van der Waals surface area contributed by atoms with Crippen LogP contribution in [-0.4, -0.2) is 10.7 Å². The van der Waals surface area contributed by atoms with E-state index in [2.05, 4.69) is 67.6 Å². The molecule has 0 heterocycles. The second-order valence-electron chi connectivity index (χ2n) is 6.99. The van der Waals surface area contributed by atoms with Crippen LogP contribution in [0.2, 0.25) is 0 Å². The fourth-order valence-corrected chi connectivity index (χ4v) is 4.10. The maximum absolute atomic E-state index is 10.8. The number of hydrogen-bond acceptors (Lipinski definition) is 1. The van der Waals surface area contributed by atoms with Crippen LogP contribution in [-0.2, 0) is 11.8 Å². The Hall–Kier alpha value is -1.60. The molecule has 0 radical (unpaired) electrons. The summed E-state index contributed by atoms with van der Waals surface area (Å²) >= 11 is 0. The Morgan fingerprint density at radius 1 is 0.909 bits per heavy atom. The topological polar surface area (TPSA) is 20.2 Å². The third kappa shape index (κ3) is 3.10. The van der Waals surface area contributed by atoms with Gasteiger partial charge in [0.25, 0.3) is 0 Å². The van der Waals surface area contributed by atoms with Gasteiger partial charge in [-0.25, -0.2) is 0 Å². The van der Waals surface area contributed by atoms with Gasteiger partial charge in [0.2, 0.25) is 0 Å². The molecule has 0 spiro atoms. The van der Waals surface area contributed by atoms with E-state index in [4.69, 9.17) is 0 Å². The molecule has 116 valence electrons. The van der Waals surface area contributed by atoms with E-state index in [9.17, 15) is 5.11 Å². The molecule has 1 N–H and O–H groups in total. The maximum Gasteiger partial charge on any atom is 0.0665 e. The van der Waals surface area contributed by atoms with Gasteiger partial charge in [-0.05, 0) is 36.8 Å². The zero-order chi connectivity index (χ0) is 15.5. The van der Waals surface area contributed by atoms with Gasteiger partial charge >= 0.3 is 0 Å². The molecule has 1 heteroatoms. The number of benzene rings is 2. The normalized spacial score (nSPS) is 27.4. The first-order valence-corrected chi connectivity index (χ1v) is 8.48. The van der Waals surface area contributed by atoms with Crippen molar-refractivity contribution in [3.63, 3.8) is 0 Å². The molecule has 1 aliphatic carbocycles. The summed E-state index contributed by atoms with van der Waals surface area (Å²) in [4.78, 5) is 0. The zero-order valence-electron chi connectivity index (χ0n) is 13.5. The highest BCUT2D eigenvalue weighted by Crippen LogP contribution is 2.54. The highest BCUT2D eigenvalue weighted by molar-refractivity contribution is 5.35. The molecule has 1 nitrogen and oxygen atoms in total. The summed E-state index contributed by atoms with van der Waals surface area (Å²) in [6, 6.07) is 21.4. The molecular weight excluding hydrogens is 268 g/mol. The Labute approximate surface area is 134 Å². The maximum atomic E-state index is 10.8. The van der Waals surface area contributed by atoms with E-state index in [1.165, 1.54) is 11.1 Å². The first-order chi connectivity index (χ1) is 10.7. The lowest BCUT2D eigenvalue weighted by Gasteiger charge is -2.54. The fraction of sp³-hybridized carbons (Fsp3) is 0.429. The van der Waals surface area contributed by atoms with Crippen molar-refractivity contribution in [1.29, 1.82) is 0 Å². The van der Waals surface area contributed by atoms with Crippen molar-refractivity contribution < 1.29 is 5.11 Å². The highest BCUT2D eigenvalue weighted by atomic mass is 16.3. The van der Waals surface area contributed by atoms with Gasteiger partial charge in [0.15, 0.2) is 0 Å². The van der Waals surface area contributed by atoms with Crippen LogP contribution in [0.15, 0.2) is 60.7 Å². The van der Waals surface area contributed by atoms with E-state index in [1.54, 1.807) is 0 Å². The molecule has 0 atom stereocenters. The SMILES string of the molecule is CCCCC1(O)CC(Cc2ccccc2)(c2ccccc2)C1. The van der Waals surface area contributed by atoms with Gasteiger partial charge in [-0.15, -0.1) is 0 Å². The Balaban J connectivity index is 1.83. The number of rotatable bonds is 6. The van der Waals surface area contributed by atoms with Crippen molar-refractivity contribution in [2.24, 2.45) is 0 Å².